The third kappa shape index (κ3) is 4.90. The van der Waals surface area contributed by atoms with Gasteiger partial charge in [-0.25, -0.2) is 0 Å². The van der Waals surface area contributed by atoms with E-state index >= 15 is 0 Å². The number of hydrogen-bond donors (Lipinski definition) is 2. The van der Waals surface area contributed by atoms with Crippen LogP contribution in [0.4, 0.5) is 0 Å². The number of carbonyl (C=O) groups excluding carboxylic acids is 2. The summed E-state index contributed by atoms with van der Waals surface area (Å²) in [5.41, 5.74) is 1.64. The minimum absolute atomic E-state index is 0.117. The Labute approximate surface area is 161 Å². The summed E-state index contributed by atoms with van der Waals surface area (Å²) in [4.78, 5) is 25.1. The number of rotatable bonds is 9. The molecular formula is C22H30N2O3. The highest BCUT2D eigenvalue weighted by Crippen LogP contribution is 2.46. The monoisotopic (exact) mass is 370 g/mol. The molecule has 0 saturated heterocycles. The van der Waals surface area contributed by atoms with Crippen LogP contribution in [0.3, 0.4) is 0 Å². The van der Waals surface area contributed by atoms with Gasteiger partial charge in [0.2, 0.25) is 11.8 Å². The number of nitrogens with one attached hydrogen (secondary N) is 2. The van der Waals surface area contributed by atoms with Gasteiger partial charge in [0, 0.05) is 13.1 Å². The number of para-hydroxylation sites is 1. The molecule has 1 fully saturated rings. The number of ether oxygens (including phenoxy) is 1. The predicted molar refractivity (Wildman–Crippen MR) is 106 cm³/mol. The van der Waals surface area contributed by atoms with E-state index in [1.807, 2.05) is 24.3 Å². The molecule has 0 aliphatic heterocycles. The Morgan fingerprint density at radius 2 is 1.74 bits per heavy atom. The molecular weight excluding hydrogens is 340 g/mol. The van der Waals surface area contributed by atoms with Crippen molar-refractivity contribution in [3.63, 3.8) is 0 Å². The zero-order valence-corrected chi connectivity index (χ0v) is 16.2. The normalized spacial score (nSPS) is 17.6. The summed E-state index contributed by atoms with van der Waals surface area (Å²) in [5.74, 6) is 0.558. The molecule has 0 spiro atoms. The average Bonchev–Trinajstić information content (AvgIpc) is 3.51. The van der Waals surface area contributed by atoms with Gasteiger partial charge in [0.15, 0.2) is 0 Å². The first kappa shape index (κ1) is 19.5. The molecule has 1 saturated carbocycles. The van der Waals surface area contributed by atoms with E-state index in [0.717, 1.165) is 30.6 Å². The summed E-state index contributed by atoms with van der Waals surface area (Å²) in [6.07, 6.45) is 9.98. The van der Waals surface area contributed by atoms with Crippen LogP contribution < -0.4 is 15.4 Å². The quantitative estimate of drug-likeness (QED) is 0.518. The molecule has 3 rings (SSSR count). The van der Waals surface area contributed by atoms with Crippen LogP contribution in [0.15, 0.2) is 35.9 Å². The van der Waals surface area contributed by atoms with Gasteiger partial charge in [-0.15, -0.1) is 0 Å². The summed E-state index contributed by atoms with van der Waals surface area (Å²) < 4.78 is 5.33. The molecule has 0 unspecified atom stereocenters. The molecule has 5 nitrogen and oxygen atoms in total. The zero-order chi connectivity index (χ0) is 19.1. The fraction of sp³-hybridized carbons (Fsp3) is 0.545. The Morgan fingerprint density at radius 3 is 2.37 bits per heavy atom. The van der Waals surface area contributed by atoms with Gasteiger partial charge < -0.3 is 15.4 Å². The fourth-order valence-corrected chi connectivity index (χ4v) is 3.71. The van der Waals surface area contributed by atoms with Crippen molar-refractivity contribution >= 4 is 11.8 Å². The van der Waals surface area contributed by atoms with Crippen LogP contribution in [-0.2, 0) is 16.0 Å². The first-order valence-corrected chi connectivity index (χ1v) is 10.0. The number of amides is 2. The highest BCUT2D eigenvalue weighted by Gasteiger charge is 2.56. The van der Waals surface area contributed by atoms with Crippen LogP contribution >= 0.6 is 0 Å². The van der Waals surface area contributed by atoms with Gasteiger partial charge in [-0.1, -0.05) is 29.8 Å². The van der Waals surface area contributed by atoms with E-state index in [4.69, 9.17) is 4.74 Å². The molecule has 146 valence electrons. The molecule has 2 aliphatic carbocycles. The molecule has 1 aromatic rings. The molecule has 0 heterocycles. The largest absolute Gasteiger partial charge is 0.496 e. The SMILES string of the molecule is COc1ccccc1CCNC(=O)C1(C(=O)NCCC2=CCCCC2)CC1. The van der Waals surface area contributed by atoms with Gasteiger partial charge in [-0.05, 0) is 63.0 Å². The van der Waals surface area contributed by atoms with Crippen LogP contribution in [0, 0.1) is 5.41 Å². The van der Waals surface area contributed by atoms with Crippen LogP contribution in [-0.4, -0.2) is 32.0 Å². The van der Waals surface area contributed by atoms with E-state index in [2.05, 4.69) is 16.7 Å². The van der Waals surface area contributed by atoms with Crippen molar-refractivity contribution in [1.29, 1.82) is 0 Å². The van der Waals surface area contributed by atoms with E-state index in [1.165, 1.54) is 18.4 Å². The van der Waals surface area contributed by atoms with Crippen molar-refractivity contribution in [2.45, 2.75) is 51.4 Å². The molecule has 2 amide bonds. The molecule has 2 N–H and O–H groups in total. The lowest BCUT2D eigenvalue weighted by molar-refractivity contribution is -0.137. The van der Waals surface area contributed by atoms with Crippen molar-refractivity contribution in [1.82, 2.24) is 10.6 Å². The van der Waals surface area contributed by atoms with Crippen molar-refractivity contribution < 1.29 is 14.3 Å². The standard InChI is InChI=1S/C22H30N2O3/c1-27-19-10-6-5-9-18(19)12-16-24-21(26)22(13-14-22)20(25)23-15-11-17-7-3-2-4-8-17/h5-7,9-10H,2-4,8,11-16H2,1H3,(H,23,25)(H,24,26). The number of benzene rings is 1. The molecule has 5 heteroatoms. The number of hydrogen-bond acceptors (Lipinski definition) is 3. The highest BCUT2D eigenvalue weighted by molar-refractivity contribution is 6.07. The number of carbonyl (C=O) groups is 2. The summed E-state index contributed by atoms with van der Waals surface area (Å²) in [6.45, 7) is 1.13. The van der Waals surface area contributed by atoms with Crippen molar-refractivity contribution in [3.8, 4) is 5.75 Å². The second-order valence-electron chi connectivity index (χ2n) is 7.51. The first-order chi connectivity index (χ1) is 13.2. The van der Waals surface area contributed by atoms with E-state index < -0.39 is 5.41 Å². The second kappa shape index (κ2) is 9.07. The van der Waals surface area contributed by atoms with Crippen LogP contribution in [0.2, 0.25) is 0 Å². The highest BCUT2D eigenvalue weighted by atomic mass is 16.5. The van der Waals surface area contributed by atoms with E-state index in [1.54, 1.807) is 7.11 Å². The molecule has 0 aromatic heterocycles. The third-order valence-electron chi connectivity index (χ3n) is 5.61. The maximum absolute atomic E-state index is 12.6. The zero-order valence-electron chi connectivity index (χ0n) is 16.2. The van der Waals surface area contributed by atoms with Gasteiger partial charge in [-0.2, -0.15) is 0 Å². The lowest BCUT2D eigenvalue weighted by Gasteiger charge is -2.17. The van der Waals surface area contributed by atoms with Crippen LogP contribution in [0.1, 0.15) is 50.5 Å². The number of methoxy groups -OCH3 is 1. The maximum Gasteiger partial charge on any atom is 0.235 e. The van der Waals surface area contributed by atoms with E-state index in [9.17, 15) is 9.59 Å². The van der Waals surface area contributed by atoms with Crippen molar-refractivity contribution in [2.75, 3.05) is 20.2 Å². The summed E-state index contributed by atoms with van der Waals surface area (Å²) >= 11 is 0. The molecule has 0 radical (unpaired) electrons. The Bertz CT molecular complexity index is 707. The minimum atomic E-state index is -0.846. The van der Waals surface area contributed by atoms with Gasteiger partial charge >= 0.3 is 0 Å². The minimum Gasteiger partial charge on any atom is -0.496 e. The van der Waals surface area contributed by atoms with Crippen LogP contribution in [0.25, 0.3) is 0 Å². The van der Waals surface area contributed by atoms with Gasteiger partial charge in [0.1, 0.15) is 11.2 Å². The molecule has 1 aromatic carbocycles. The molecule has 27 heavy (non-hydrogen) atoms. The summed E-state index contributed by atoms with van der Waals surface area (Å²) in [5, 5.41) is 5.92. The average molecular weight is 370 g/mol. The van der Waals surface area contributed by atoms with Gasteiger partial charge in [0.05, 0.1) is 7.11 Å². The topological polar surface area (TPSA) is 67.4 Å². The Hall–Kier alpha value is -2.30. The maximum atomic E-state index is 12.6. The third-order valence-corrected chi connectivity index (χ3v) is 5.61. The van der Waals surface area contributed by atoms with Crippen molar-refractivity contribution in [3.05, 3.63) is 41.5 Å². The second-order valence-corrected chi connectivity index (χ2v) is 7.51. The fourth-order valence-electron chi connectivity index (χ4n) is 3.71. The number of allylic oxidation sites excluding steroid dienone is 1. The first-order valence-electron chi connectivity index (χ1n) is 10.0. The summed E-state index contributed by atoms with van der Waals surface area (Å²) in [6, 6.07) is 7.78. The van der Waals surface area contributed by atoms with Crippen LogP contribution in [0.5, 0.6) is 5.75 Å². The summed E-state index contributed by atoms with van der Waals surface area (Å²) in [7, 11) is 1.64. The van der Waals surface area contributed by atoms with Gasteiger partial charge in [-0.3, -0.25) is 9.59 Å². The lowest BCUT2D eigenvalue weighted by atomic mass is 9.97. The Morgan fingerprint density at radius 1 is 1.04 bits per heavy atom. The Balaban J connectivity index is 1.43. The van der Waals surface area contributed by atoms with Gasteiger partial charge in [0.25, 0.3) is 0 Å². The molecule has 0 bridgehead atoms. The molecule has 0 atom stereocenters. The smallest absolute Gasteiger partial charge is 0.235 e. The lowest BCUT2D eigenvalue weighted by Crippen LogP contribution is -2.43. The van der Waals surface area contributed by atoms with E-state index in [-0.39, 0.29) is 11.8 Å². The predicted octanol–water partition coefficient (Wildman–Crippen LogP) is 3.14. The molecule has 2 aliphatic rings. The Kier molecular flexibility index (Phi) is 6.54. The van der Waals surface area contributed by atoms with Crippen molar-refractivity contribution in [2.24, 2.45) is 5.41 Å². The van der Waals surface area contributed by atoms with E-state index in [0.29, 0.717) is 32.4 Å².